The molecule has 0 aliphatic carbocycles. The van der Waals surface area contributed by atoms with E-state index in [1.54, 1.807) is 47.4 Å². The third kappa shape index (κ3) is 5.10. The standard InChI is InChI=1S/C25H18Cl3FN4O2/c1-32(25(35)23-20(29)8-9-22(28)31-23)21-13-33(24(34)15-4-2-14(11-30)3-5-15)12-17(21)16-6-7-18(26)19(27)10-16/h2-10,17,21H,12-13H2,1H3/t17-,21+/m0/s1. The number of halogens is 4. The average Bonchev–Trinajstić information content (AvgIpc) is 3.31. The van der Waals surface area contributed by atoms with Crippen molar-refractivity contribution in [3.8, 4) is 6.07 Å². The lowest BCUT2D eigenvalue weighted by Gasteiger charge is -2.29. The molecule has 0 N–H and O–H groups in total. The number of hydrogen-bond acceptors (Lipinski definition) is 4. The van der Waals surface area contributed by atoms with Crippen LogP contribution in [0.15, 0.2) is 54.6 Å². The fraction of sp³-hybridized carbons (Fsp3) is 0.200. The second-order valence-electron chi connectivity index (χ2n) is 8.13. The first-order valence-corrected chi connectivity index (χ1v) is 11.7. The highest BCUT2D eigenvalue weighted by Crippen LogP contribution is 2.35. The van der Waals surface area contributed by atoms with Crippen LogP contribution in [0.1, 0.15) is 37.9 Å². The molecule has 0 spiro atoms. The molecule has 0 radical (unpaired) electrons. The van der Waals surface area contributed by atoms with Crippen LogP contribution in [0.25, 0.3) is 0 Å². The first-order valence-electron chi connectivity index (χ1n) is 10.5. The lowest BCUT2D eigenvalue weighted by atomic mass is 9.93. The van der Waals surface area contributed by atoms with Crippen LogP contribution in [0.5, 0.6) is 0 Å². The highest BCUT2D eigenvalue weighted by molar-refractivity contribution is 6.42. The summed E-state index contributed by atoms with van der Waals surface area (Å²) in [6.45, 7) is 0.471. The molecule has 6 nitrogen and oxygen atoms in total. The third-order valence-corrected chi connectivity index (χ3v) is 6.99. The summed E-state index contributed by atoms with van der Waals surface area (Å²) in [6.07, 6.45) is 0. The van der Waals surface area contributed by atoms with Gasteiger partial charge in [-0.1, -0.05) is 40.9 Å². The van der Waals surface area contributed by atoms with E-state index in [4.69, 9.17) is 40.1 Å². The Morgan fingerprint density at radius 2 is 1.77 bits per heavy atom. The molecule has 10 heteroatoms. The van der Waals surface area contributed by atoms with Gasteiger partial charge in [0.2, 0.25) is 0 Å². The third-order valence-electron chi connectivity index (χ3n) is 6.04. The van der Waals surface area contributed by atoms with E-state index in [0.29, 0.717) is 21.2 Å². The summed E-state index contributed by atoms with van der Waals surface area (Å²) < 4.78 is 14.4. The minimum absolute atomic E-state index is 0.00627. The molecule has 3 aromatic rings. The van der Waals surface area contributed by atoms with Gasteiger partial charge in [-0.05, 0) is 54.1 Å². The molecule has 0 unspecified atom stereocenters. The van der Waals surface area contributed by atoms with Gasteiger partial charge in [-0.2, -0.15) is 5.26 Å². The number of carbonyl (C=O) groups is 2. The number of benzene rings is 2. The largest absolute Gasteiger partial charge is 0.336 e. The molecule has 2 aromatic carbocycles. The summed E-state index contributed by atoms with van der Waals surface area (Å²) in [5, 5.41) is 9.73. The van der Waals surface area contributed by atoms with Gasteiger partial charge in [0.05, 0.1) is 27.7 Å². The zero-order valence-electron chi connectivity index (χ0n) is 18.4. The molecular formula is C25H18Cl3FN4O2. The van der Waals surface area contributed by atoms with Crippen LogP contribution in [-0.2, 0) is 0 Å². The fourth-order valence-corrected chi connectivity index (χ4v) is 4.63. The van der Waals surface area contributed by atoms with Crippen molar-refractivity contribution in [2.24, 2.45) is 0 Å². The van der Waals surface area contributed by atoms with Gasteiger partial charge in [0.15, 0.2) is 11.5 Å². The lowest BCUT2D eigenvalue weighted by molar-refractivity contribution is 0.0687. The first-order chi connectivity index (χ1) is 16.7. The molecule has 1 saturated heterocycles. The molecule has 0 bridgehead atoms. The summed E-state index contributed by atoms with van der Waals surface area (Å²) in [4.78, 5) is 33.3. The van der Waals surface area contributed by atoms with Gasteiger partial charge in [-0.15, -0.1) is 0 Å². The number of nitriles is 1. The number of likely N-dealkylation sites (tertiary alicyclic amines) is 1. The van der Waals surface area contributed by atoms with E-state index < -0.39 is 23.5 Å². The first kappa shape index (κ1) is 24.9. The number of aromatic nitrogens is 1. The predicted molar refractivity (Wildman–Crippen MR) is 131 cm³/mol. The quantitative estimate of drug-likeness (QED) is 0.421. The van der Waals surface area contributed by atoms with Gasteiger partial charge in [0.1, 0.15) is 5.15 Å². The highest BCUT2D eigenvalue weighted by Gasteiger charge is 2.41. The van der Waals surface area contributed by atoms with Crippen molar-refractivity contribution in [2.75, 3.05) is 20.1 Å². The second kappa shape index (κ2) is 10.2. The molecule has 2 atom stereocenters. The van der Waals surface area contributed by atoms with Gasteiger partial charge in [0, 0.05) is 31.6 Å². The molecule has 1 aliphatic heterocycles. The number of pyridine rings is 1. The van der Waals surface area contributed by atoms with Crippen LogP contribution in [-0.4, -0.2) is 52.8 Å². The zero-order chi connectivity index (χ0) is 25.3. The Labute approximate surface area is 216 Å². The van der Waals surface area contributed by atoms with Crippen LogP contribution in [0, 0.1) is 17.1 Å². The Hall–Kier alpha value is -3.18. The van der Waals surface area contributed by atoms with E-state index >= 15 is 0 Å². The van der Waals surface area contributed by atoms with Crippen molar-refractivity contribution in [3.05, 3.63) is 98.0 Å². The van der Waals surface area contributed by atoms with Crippen molar-refractivity contribution in [1.29, 1.82) is 5.26 Å². The SMILES string of the molecule is CN(C(=O)c1nc(Cl)ccc1F)[C@@H]1CN(C(=O)c2ccc(C#N)cc2)C[C@H]1c1ccc(Cl)c(Cl)c1. The smallest absolute Gasteiger partial charge is 0.275 e. The molecule has 0 saturated carbocycles. The molecular weight excluding hydrogens is 514 g/mol. The normalized spacial score (nSPS) is 17.2. The number of likely N-dealkylation sites (N-methyl/N-ethyl adjacent to an activating group) is 1. The second-order valence-corrected chi connectivity index (χ2v) is 9.33. The van der Waals surface area contributed by atoms with E-state index in [9.17, 15) is 14.0 Å². The summed E-state index contributed by atoms with van der Waals surface area (Å²) >= 11 is 18.2. The molecule has 1 aromatic heterocycles. The minimum Gasteiger partial charge on any atom is -0.336 e. The number of hydrogen-bond donors (Lipinski definition) is 0. The van der Waals surface area contributed by atoms with Crippen molar-refractivity contribution in [3.63, 3.8) is 0 Å². The molecule has 2 heterocycles. The highest BCUT2D eigenvalue weighted by atomic mass is 35.5. The summed E-state index contributed by atoms with van der Waals surface area (Å²) in [5.41, 5.74) is 1.23. The van der Waals surface area contributed by atoms with Crippen molar-refractivity contribution in [2.45, 2.75) is 12.0 Å². The van der Waals surface area contributed by atoms with Gasteiger partial charge in [-0.25, -0.2) is 9.37 Å². The molecule has 178 valence electrons. The number of rotatable bonds is 4. The Balaban J connectivity index is 1.68. The Kier molecular flexibility index (Phi) is 7.27. The maximum atomic E-state index is 14.4. The van der Waals surface area contributed by atoms with Crippen molar-refractivity contribution < 1.29 is 14.0 Å². The topological polar surface area (TPSA) is 77.3 Å². The molecule has 1 aliphatic rings. The average molecular weight is 532 g/mol. The maximum absolute atomic E-state index is 14.4. The maximum Gasteiger partial charge on any atom is 0.275 e. The van der Waals surface area contributed by atoms with Crippen LogP contribution in [0.3, 0.4) is 0 Å². The van der Waals surface area contributed by atoms with E-state index in [1.165, 1.54) is 18.0 Å². The lowest BCUT2D eigenvalue weighted by Crippen LogP contribution is -2.42. The van der Waals surface area contributed by atoms with Crippen molar-refractivity contribution in [1.82, 2.24) is 14.8 Å². The minimum atomic E-state index is -0.791. The van der Waals surface area contributed by atoms with E-state index in [-0.39, 0.29) is 30.1 Å². The van der Waals surface area contributed by atoms with E-state index in [1.807, 2.05) is 6.07 Å². The number of carbonyl (C=O) groups excluding carboxylic acids is 2. The number of nitrogens with zero attached hydrogens (tertiary/aromatic N) is 4. The van der Waals surface area contributed by atoms with Crippen LogP contribution in [0.2, 0.25) is 15.2 Å². The van der Waals surface area contributed by atoms with E-state index in [2.05, 4.69) is 4.98 Å². The van der Waals surface area contributed by atoms with Crippen molar-refractivity contribution >= 4 is 46.6 Å². The summed E-state index contributed by atoms with van der Waals surface area (Å²) in [6, 6.07) is 15.3. The van der Waals surface area contributed by atoms with Gasteiger partial charge in [0.25, 0.3) is 11.8 Å². The molecule has 2 amide bonds. The monoisotopic (exact) mass is 530 g/mol. The Morgan fingerprint density at radius 1 is 1.06 bits per heavy atom. The Bertz CT molecular complexity index is 1340. The van der Waals surface area contributed by atoms with E-state index in [0.717, 1.165) is 11.6 Å². The van der Waals surface area contributed by atoms with Crippen LogP contribution in [0.4, 0.5) is 4.39 Å². The molecule has 1 fully saturated rings. The van der Waals surface area contributed by atoms with Crippen LogP contribution >= 0.6 is 34.8 Å². The zero-order valence-corrected chi connectivity index (χ0v) is 20.7. The van der Waals surface area contributed by atoms with Gasteiger partial charge < -0.3 is 9.80 Å². The summed E-state index contributed by atoms with van der Waals surface area (Å²) in [7, 11) is 1.54. The molecule has 35 heavy (non-hydrogen) atoms. The van der Waals surface area contributed by atoms with Crippen LogP contribution < -0.4 is 0 Å². The summed E-state index contributed by atoms with van der Waals surface area (Å²) in [5.74, 6) is -2.04. The predicted octanol–water partition coefficient (Wildman–Crippen LogP) is 5.43. The Morgan fingerprint density at radius 3 is 2.43 bits per heavy atom. The number of amides is 2. The van der Waals surface area contributed by atoms with Gasteiger partial charge >= 0.3 is 0 Å². The van der Waals surface area contributed by atoms with Gasteiger partial charge in [-0.3, -0.25) is 9.59 Å². The fourth-order valence-electron chi connectivity index (χ4n) is 4.17. The molecule has 4 rings (SSSR count).